The molecule has 1 aromatic carbocycles. The summed E-state index contributed by atoms with van der Waals surface area (Å²) in [7, 11) is 0. The van der Waals surface area contributed by atoms with Crippen LogP contribution in [-0.2, 0) is 0 Å². The third-order valence-corrected chi connectivity index (χ3v) is 2.31. The number of aromatic nitrogens is 1. The van der Waals surface area contributed by atoms with Gasteiger partial charge in [0.1, 0.15) is 5.76 Å². The highest BCUT2D eigenvalue weighted by Crippen LogP contribution is 2.22. The van der Waals surface area contributed by atoms with Crippen LogP contribution in [0.3, 0.4) is 0 Å². The Morgan fingerprint density at radius 1 is 1.53 bits per heavy atom. The van der Waals surface area contributed by atoms with E-state index < -0.39 is 5.91 Å². The molecule has 2 rings (SSSR count). The Bertz CT molecular complexity index is 621. The van der Waals surface area contributed by atoms with Crippen molar-refractivity contribution in [2.45, 2.75) is 6.92 Å². The molecule has 0 aliphatic rings. The van der Waals surface area contributed by atoms with E-state index in [9.17, 15) is 4.79 Å². The van der Waals surface area contributed by atoms with Gasteiger partial charge in [-0.05, 0) is 25.1 Å². The fourth-order valence-electron chi connectivity index (χ4n) is 1.49. The summed E-state index contributed by atoms with van der Waals surface area (Å²) in [5, 5.41) is 0. The molecule has 4 heteroatoms. The van der Waals surface area contributed by atoms with Crippen LogP contribution in [0.4, 0.5) is 0 Å². The number of nitrogens with two attached hydrogens (primary N) is 1. The number of amides is 1. The fourth-order valence-corrected chi connectivity index (χ4v) is 1.49. The van der Waals surface area contributed by atoms with E-state index in [1.165, 1.54) is 0 Å². The molecule has 0 atom stereocenters. The number of hydrogen-bond donors (Lipinski definition) is 1. The van der Waals surface area contributed by atoms with Gasteiger partial charge < -0.3 is 10.2 Å². The molecule has 0 aliphatic heterocycles. The summed E-state index contributed by atoms with van der Waals surface area (Å²) >= 11 is 0. The molecule has 0 bridgehead atoms. The second kappa shape index (κ2) is 4.14. The minimum absolute atomic E-state index is 0.145. The smallest absolute Gasteiger partial charge is 0.270 e. The second-order valence-corrected chi connectivity index (χ2v) is 3.51. The van der Waals surface area contributed by atoms with E-state index in [1.807, 2.05) is 0 Å². The van der Waals surface area contributed by atoms with Crippen molar-refractivity contribution in [3.05, 3.63) is 41.3 Å². The number of carbonyl (C=O) groups is 1. The van der Waals surface area contributed by atoms with Crippen LogP contribution in [0.2, 0.25) is 0 Å². The Balaban J connectivity index is 2.50. The van der Waals surface area contributed by atoms with Gasteiger partial charge in [0.05, 0.1) is 0 Å². The molecule has 84 valence electrons. The molecule has 0 saturated heterocycles. The van der Waals surface area contributed by atoms with E-state index in [4.69, 9.17) is 16.6 Å². The minimum atomic E-state index is -0.606. The van der Waals surface area contributed by atoms with Crippen LogP contribution in [0.1, 0.15) is 21.8 Å². The number of nitrogens with zero attached hydrogens (tertiary/aromatic N) is 1. The maximum absolute atomic E-state index is 11.1. The van der Waals surface area contributed by atoms with Crippen molar-refractivity contribution in [1.82, 2.24) is 4.98 Å². The topological polar surface area (TPSA) is 69.1 Å². The zero-order valence-corrected chi connectivity index (χ0v) is 9.23. The van der Waals surface area contributed by atoms with Gasteiger partial charge in [-0.25, -0.2) is 4.98 Å². The third-order valence-electron chi connectivity index (χ3n) is 2.31. The van der Waals surface area contributed by atoms with Crippen molar-refractivity contribution in [1.29, 1.82) is 0 Å². The van der Waals surface area contributed by atoms with Gasteiger partial charge in [0.25, 0.3) is 5.91 Å². The predicted octanol–water partition coefficient (Wildman–Crippen LogP) is 1.73. The normalized spacial score (nSPS) is 9.88. The van der Waals surface area contributed by atoms with Crippen molar-refractivity contribution in [2.24, 2.45) is 5.73 Å². The van der Waals surface area contributed by atoms with Gasteiger partial charge in [-0.3, -0.25) is 4.79 Å². The van der Waals surface area contributed by atoms with Crippen LogP contribution in [0.5, 0.6) is 0 Å². The van der Waals surface area contributed by atoms with Gasteiger partial charge in [0, 0.05) is 11.1 Å². The number of primary amides is 1. The Morgan fingerprint density at radius 3 is 2.88 bits per heavy atom. The highest BCUT2D eigenvalue weighted by Gasteiger charge is 2.15. The monoisotopic (exact) mass is 226 g/mol. The number of carbonyl (C=O) groups excluding carboxylic acids is 1. The number of hydrogen-bond acceptors (Lipinski definition) is 3. The summed E-state index contributed by atoms with van der Waals surface area (Å²) in [5.41, 5.74) is 6.75. The van der Waals surface area contributed by atoms with Gasteiger partial charge >= 0.3 is 0 Å². The maximum atomic E-state index is 11.1. The molecule has 1 amide bonds. The van der Waals surface area contributed by atoms with E-state index in [-0.39, 0.29) is 5.69 Å². The van der Waals surface area contributed by atoms with Crippen LogP contribution in [0.25, 0.3) is 11.5 Å². The van der Waals surface area contributed by atoms with Crippen molar-refractivity contribution >= 4 is 5.91 Å². The van der Waals surface area contributed by atoms with Gasteiger partial charge in [-0.1, -0.05) is 12.0 Å². The average Bonchev–Trinajstić information content (AvgIpc) is 2.71. The largest absolute Gasteiger partial charge is 0.441 e. The summed E-state index contributed by atoms with van der Waals surface area (Å²) < 4.78 is 5.38. The molecule has 0 radical (unpaired) electrons. The summed E-state index contributed by atoms with van der Waals surface area (Å²) in [6.45, 7) is 1.64. The highest BCUT2D eigenvalue weighted by molar-refractivity contribution is 5.92. The zero-order chi connectivity index (χ0) is 12.4. The lowest BCUT2D eigenvalue weighted by Gasteiger charge is -1.95. The van der Waals surface area contributed by atoms with Gasteiger partial charge in [0.2, 0.25) is 5.89 Å². The quantitative estimate of drug-likeness (QED) is 0.793. The van der Waals surface area contributed by atoms with Gasteiger partial charge in [-0.2, -0.15) is 0 Å². The third kappa shape index (κ3) is 2.04. The lowest BCUT2D eigenvalue weighted by atomic mass is 10.1. The van der Waals surface area contributed by atoms with Gasteiger partial charge in [-0.15, -0.1) is 6.42 Å². The fraction of sp³-hybridized carbons (Fsp3) is 0.0769. The molecular weight excluding hydrogens is 216 g/mol. The Hall–Kier alpha value is -2.54. The van der Waals surface area contributed by atoms with E-state index in [0.717, 1.165) is 11.1 Å². The van der Waals surface area contributed by atoms with Crippen molar-refractivity contribution in [3.63, 3.8) is 0 Å². The molecule has 1 aromatic heterocycles. The molecule has 0 aliphatic carbocycles. The number of benzene rings is 1. The first-order chi connectivity index (χ1) is 8.11. The molecule has 2 N–H and O–H groups in total. The summed E-state index contributed by atoms with van der Waals surface area (Å²) in [6.07, 6.45) is 5.30. The number of aryl methyl sites for hydroxylation is 1. The lowest BCUT2D eigenvalue weighted by Crippen LogP contribution is -2.12. The predicted molar refractivity (Wildman–Crippen MR) is 63.1 cm³/mol. The molecular formula is C13H10N2O2. The first kappa shape index (κ1) is 11.0. The zero-order valence-electron chi connectivity index (χ0n) is 9.23. The Labute approximate surface area is 98.5 Å². The average molecular weight is 226 g/mol. The van der Waals surface area contributed by atoms with Crippen LogP contribution in [0.15, 0.2) is 28.7 Å². The van der Waals surface area contributed by atoms with E-state index >= 15 is 0 Å². The van der Waals surface area contributed by atoms with Crippen molar-refractivity contribution in [3.8, 4) is 23.8 Å². The van der Waals surface area contributed by atoms with Crippen LogP contribution in [0, 0.1) is 19.3 Å². The number of oxazole rings is 1. The van der Waals surface area contributed by atoms with Crippen LogP contribution in [-0.4, -0.2) is 10.9 Å². The van der Waals surface area contributed by atoms with Crippen LogP contribution >= 0.6 is 0 Å². The van der Waals surface area contributed by atoms with Crippen molar-refractivity contribution in [2.75, 3.05) is 0 Å². The molecule has 1 heterocycles. The summed E-state index contributed by atoms with van der Waals surface area (Å²) in [4.78, 5) is 15.1. The Kier molecular flexibility index (Phi) is 2.67. The highest BCUT2D eigenvalue weighted by atomic mass is 16.4. The first-order valence-electron chi connectivity index (χ1n) is 4.96. The van der Waals surface area contributed by atoms with E-state index in [0.29, 0.717) is 11.7 Å². The van der Waals surface area contributed by atoms with Crippen LogP contribution < -0.4 is 5.73 Å². The molecule has 0 fully saturated rings. The maximum Gasteiger partial charge on any atom is 0.270 e. The lowest BCUT2D eigenvalue weighted by molar-refractivity contribution is 0.0995. The van der Waals surface area contributed by atoms with E-state index in [1.54, 1.807) is 31.2 Å². The number of rotatable bonds is 2. The standard InChI is InChI=1S/C13H10N2O2/c1-3-9-5-4-6-10(7-9)13-15-11(12(14)16)8(2)17-13/h1,4-7H,2H3,(H2,14,16). The molecule has 0 spiro atoms. The molecule has 0 unspecified atom stereocenters. The molecule has 17 heavy (non-hydrogen) atoms. The van der Waals surface area contributed by atoms with E-state index in [2.05, 4.69) is 10.9 Å². The molecule has 4 nitrogen and oxygen atoms in total. The summed E-state index contributed by atoms with van der Waals surface area (Å²) in [6, 6.07) is 7.16. The minimum Gasteiger partial charge on any atom is -0.441 e. The molecule has 2 aromatic rings. The number of terminal acetylenes is 1. The molecule has 0 saturated carbocycles. The Morgan fingerprint density at radius 2 is 2.29 bits per heavy atom. The summed E-state index contributed by atoms with van der Waals surface area (Å²) in [5.74, 6) is 2.66. The van der Waals surface area contributed by atoms with Crippen molar-refractivity contribution < 1.29 is 9.21 Å². The second-order valence-electron chi connectivity index (χ2n) is 3.51. The van der Waals surface area contributed by atoms with Gasteiger partial charge in [0.15, 0.2) is 5.69 Å². The SMILES string of the molecule is C#Cc1cccc(-c2nc(C(N)=O)c(C)o2)c1. The first-order valence-corrected chi connectivity index (χ1v) is 4.96.